The fraction of sp³-hybridized carbons (Fsp3) is 0.250. The van der Waals surface area contributed by atoms with Crippen LogP contribution in [0.5, 0.6) is 0 Å². The predicted octanol–water partition coefficient (Wildman–Crippen LogP) is 3.97. The molecule has 1 aromatic heterocycles. The van der Waals surface area contributed by atoms with Crippen LogP contribution in [0, 0.1) is 13.8 Å². The molecule has 0 radical (unpaired) electrons. The molecule has 0 fully saturated rings. The minimum absolute atomic E-state index is 0.0263. The molecule has 3 aromatic rings. The molecular weight excluding hydrogens is 298 g/mol. The van der Waals surface area contributed by atoms with Crippen LogP contribution in [0.1, 0.15) is 29.8 Å². The van der Waals surface area contributed by atoms with Gasteiger partial charge in [0.25, 0.3) is 5.56 Å². The van der Waals surface area contributed by atoms with Crippen LogP contribution in [0.15, 0.2) is 59.4 Å². The molecular formula is C20H23N3O. The molecule has 4 nitrogen and oxygen atoms in total. The molecule has 0 saturated carbocycles. The van der Waals surface area contributed by atoms with Crippen molar-refractivity contribution in [1.29, 1.82) is 0 Å². The van der Waals surface area contributed by atoms with Crippen LogP contribution in [0.25, 0.3) is 5.69 Å². The molecule has 24 heavy (non-hydrogen) atoms. The summed E-state index contributed by atoms with van der Waals surface area (Å²) in [5, 5.41) is 3.41. The van der Waals surface area contributed by atoms with E-state index in [-0.39, 0.29) is 11.6 Å². The number of nitrogens with one attached hydrogen (secondary N) is 1. The lowest BCUT2D eigenvalue weighted by Crippen LogP contribution is -2.21. The van der Waals surface area contributed by atoms with Crippen molar-refractivity contribution in [2.75, 3.05) is 5.32 Å². The smallest absolute Gasteiger partial charge is 0.295 e. The summed E-state index contributed by atoms with van der Waals surface area (Å²) in [5.74, 6) is 0. The van der Waals surface area contributed by atoms with E-state index in [0.717, 1.165) is 11.4 Å². The monoisotopic (exact) mass is 321 g/mol. The summed E-state index contributed by atoms with van der Waals surface area (Å²) in [6, 6.07) is 18.0. The summed E-state index contributed by atoms with van der Waals surface area (Å²) in [5.41, 5.74) is 4.83. The Morgan fingerprint density at radius 1 is 0.958 bits per heavy atom. The Hall–Kier alpha value is -2.75. The Balaban J connectivity index is 2.01. The number of rotatable bonds is 4. The minimum Gasteiger partial charge on any atom is -0.373 e. The minimum atomic E-state index is -0.0263. The van der Waals surface area contributed by atoms with Crippen LogP contribution in [-0.4, -0.2) is 9.36 Å². The van der Waals surface area contributed by atoms with Crippen LogP contribution in [0.4, 0.5) is 5.69 Å². The SMILES string of the molecule is Cc1ccccc1C(C)Nc1c(C)n(C)n(-c2ccccc2)c1=O. The van der Waals surface area contributed by atoms with Gasteiger partial charge in [-0.3, -0.25) is 9.48 Å². The zero-order chi connectivity index (χ0) is 17.3. The molecule has 1 atom stereocenters. The molecule has 0 aliphatic carbocycles. The molecule has 1 N–H and O–H groups in total. The maximum absolute atomic E-state index is 12.9. The van der Waals surface area contributed by atoms with E-state index >= 15 is 0 Å². The van der Waals surface area contributed by atoms with Gasteiger partial charge in [-0.15, -0.1) is 0 Å². The third-order valence-electron chi connectivity index (χ3n) is 4.57. The first-order valence-electron chi connectivity index (χ1n) is 8.16. The summed E-state index contributed by atoms with van der Waals surface area (Å²) in [6.07, 6.45) is 0. The number of hydrogen-bond acceptors (Lipinski definition) is 2. The van der Waals surface area contributed by atoms with Gasteiger partial charge in [0.1, 0.15) is 5.69 Å². The third kappa shape index (κ3) is 2.75. The lowest BCUT2D eigenvalue weighted by Gasteiger charge is -2.16. The predicted molar refractivity (Wildman–Crippen MR) is 99.0 cm³/mol. The number of anilines is 1. The van der Waals surface area contributed by atoms with Gasteiger partial charge in [0, 0.05) is 13.1 Å². The average molecular weight is 321 g/mol. The molecule has 0 aliphatic rings. The van der Waals surface area contributed by atoms with Gasteiger partial charge in [-0.25, -0.2) is 4.68 Å². The van der Waals surface area contributed by atoms with E-state index in [1.165, 1.54) is 11.1 Å². The number of hydrogen-bond donors (Lipinski definition) is 1. The maximum atomic E-state index is 12.9. The number of aryl methyl sites for hydroxylation is 1. The zero-order valence-electron chi connectivity index (χ0n) is 14.6. The van der Waals surface area contributed by atoms with Gasteiger partial charge in [-0.1, -0.05) is 42.5 Å². The number of para-hydroxylation sites is 1. The second kappa shape index (κ2) is 6.40. The molecule has 0 saturated heterocycles. The molecule has 0 aliphatic heterocycles. The van der Waals surface area contributed by atoms with Crippen LogP contribution in [-0.2, 0) is 7.05 Å². The first-order valence-corrected chi connectivity index (χ1v) is 8.16. The van der Waals surface area contributed by atoms with Gasteiger partial charge in [0.15, 0.2) is 0 Å². The van der Waals surface area contributed by atoms with E-state index in [4.69, 9.17) is 0 Å². The fourth-order valence-corrected chi connectivity index (χ4v) is 3.10. The van der Waals surface area contributed by atoms with Crippen LogP contribution < -0.4 is 10.9 Å². The Morgan fingerprint density at radius 2 is 1.58 bits per heavy atom. The first-order chi connectivity index (χ1) is 11.5. The maximum Gasteiger partial charge on any atom is 0.295 e. The Labute approximate surface area is 142 Å². The highest BCUT2D eigenvalue weighted by atomic mass is 16.1. The third-order valence-corrected chi connectivity index (χ3v) is 4.57. The van der Waals surface area contributed by atoms with Crippen LogP contribution in [0.3, 0.4) is 0 Å². The van der Waals surface area contributed by atoms with Crippen LogP contribution >= 0.6 is 0 Å². The van der Waals surface area contributed by atoms with E-state index < -0.39 is 0 Å². The average Bonchev–Trinajstić information content (AvgIpc) is 2.79. The fourth-order valence-electron chi connectivity index (χ4n) is 3.10. The lowest BCUT2D eigenvalue weighted by atomic mass is 10.0. The van der Waals surface area contributed by atoms with Gasteiger partial charge >= 0.3 is 0 Å². The Morgan fingerprint density at radius 3 is 2.25 bits per heavy atom. The van der Waals surface area contributed by atoms with Crippen molar-refractivity contribution >= 4 is 5.69 Å². The second-order valence-corrected chi connectivity index (χ2v) is 6.16. The van der Waals surface area contributed by atoms with Crippen molar-refractivity contribution in [2.24, 2.45) is 7.05 Å². The largest absolute Gasteiger partial charge is 0.373 e. The molecule has 2 aromatic carbocycles. The van der Waals surface area contributed by atoms with Gasteiger partial charge < -0.3 is 5.32 Å². The van der Waals surface area contributed by atoms with Gasteiger partial charge in [-0.05, 0) is 44.0 Å². The van der Waals surface area contributed by atoms with E-state index in [9.17, 15) is 4.79 Å². The summed E-state index contributed by atoms with van der Waals surface area (Å²) in [7, 11) is 1.91. The normalized spacial score (nSPS) is 12.2. The molecule has 1 heterocycles. The number of benzene rings is 2. The molecule has 0 bridgehead atoms. The summed E-state index contributed by atoms with van der Waals surface area (Å²) in [4.78, 5) is 12.9. The lowest BCUT2D eigenvalue weighted by molar-refractivity contribution is 0.630. The van der Waals surface area contributed by atoms with E-state index in [1.807, 2.05) is 61.1 Å². The first kappa shape index (κ1) is 16.1. The highest BCUT2D eigenvalue weighted by Crippen LogP contribution is 2.23. The molecule has 4 heteroatoms. The number of aromatic nitrogens is 2. The Bertz CT molecular complexity index is 906. The van der Waals surface area contributed by atoms with E-state index in [2.05, 4.69) is 31.3 Å². The van der Waals surface area contributed by atoms with Gasteiger partial charge in [-0.2, -0.15) is 0 Å². The van der Waals surface area contributed by atoms with E-state index in [0.29, 0.717) is 5.69 Å². The quantitative estimate of drug-likeness (QED) is 0.790. The Kier molecular flexibility index (Phi) is 4.30. The molecule has 0 spiro atoms. The van der Waals surface area contributed by atoms with Crippen molar-refractivity contribution in [1.82, 2.24) is 9.36 Å². The standard InChI is InChI=1S/C20H23N3O/c1-14-10-8-9-13-18(14)15(2)21-19-16(3)22(4)23(20(19)24)17-11-6-5-7-12-17/h5-13,15,21H,1-4H3. The molecule has 124 valence electrons. The highest BCUT2D eigenvalue weighted by Gasteiger charge is 2.18. The van der Waals surface area contributed by atoms with Crippen molar-refractivity contribution in [2.45, 2.75) is 26.8 Å². The summed E-state index contributed by atoms with van der Waals surface area (Å²) < 4.78 is 3.59. The van der Waals surface area contributed by atoms with Crippen molar-refractivity contribution in [3.63, 3.8) is 0 Å². The van der Waals surface area contributed by atoms with Crippen molar-refractivity contribution < 1.29 is 0 Å². The molecule has 0 amide bonds. The zero-order valence-corrected chi connectivity index (χ0v) is 14.6. The number of nitrogens with zero attached hydrogens (tertiary/aromatic N) is 2. The van der Waals surface area contributed by atoms with Crippen molar-refractivity contribution in [3.05, 3.63) is 81.8 Å². The summed E-state index contributed by atoms with van der Waals surface area (Å²) >= 11 is 0. The topological polar surface area (TPSA) is 39.0 Å². The summed E-state index contributed by atoms with van der Waals surface area (Å²) in [6.45, 7) is 6.14. The van der Waals surface area contributed by atoms with Crippen molar-refractivity contribution in [3.8, 4) is 5.69 Å². The molecule has 3 rings (SSSR count). The van der Waals surface area contributed by atoms with Crippen LogP contribution in [0.2, 0.25) is 0 Å². The highest BCUT2D eigenvalue weighted by molar-refractivity contribution is 5.51. The van der Waals surface area contributed by atoms with Gasteiger partial charge in [0.05, 0.1) is 11.4 Å². The van der Waals surface area contributed by atoms with Gasteiger partial charge in [0.2, 0.25) is 0 Å². The molecule has 1 unspecified atom stereocenters. The second-order valence-electron chi connectivity index (χ2n) is 6.16. The van der Waals surface area contributed by atoms with E-state index in [1.54, 1.807) is 4.68 Å².